The van der Waals surface area contributed by atoms with Gasteiger partial charge in [0.25, 0.3) is 0 Å². The molecule has 0 N–H and O–H groups in total. The number of hydrogen-bond donors (Lipinski definition) is 0. The van der Waals surface area contributed by atoms with Gasteiger partial charge in [-0.1, -0.05) is 183 Å². The van der Waals surface area contributed by atoms with Crippen LogP contribution in [-0.2, 0) is 36.3 Å². The minimum Gasteiger partial charge on any atom is -0.370 e. The summed E-state index contributed by atoms with van der Waals surface area (Å²) in [6.45, 7) is 7.68. The van der Waals surface area contributed by atoms with E-state index in [2.05, 4.69) is 165 Å². The average molecular weight is 749 g/mol. The molecule has 6 aromatic carbocycles. The minimum absolute atomic E-state index is 0.230. The first-order chi connectivity index (χ1) is 28.1. The van der Waals surface area contributed by atoms with Crippen LogP contribution in [-0.4, -0.2) is 30.0 Å². The van der Waals surface area contributed by atoms with Gasteiger partial charge in [0.05, 0.1) is 24.6 Å². The lowest BCUT2D eigenvalue weighted by Crippen LogP contribution is -2.39. The van der Waals surface area contributed by atoms with E-state index in [0.29, 0.717) is 19.0 Å². The van der Waals surface area contributed by atoms with Gasteiger partial charge in [-0.3, -0.25) is 4.68 Å². The van der Waals surface area contributed by atoms with Crippen molar-refractivity contribution in [1.29, 1.82) is 0 Å². The maximum absolute atomic E-state index is 6.32. The fourth-order valence-electron chi connectivity index (χ4n) is 7.90. The van der Waals surface area contributed by atoms with Crippen LogP contribution in [0.15, 0.2) is 170 Å². The van der Waals surface area contributed by atoms with Gasteiger partial charge in [-0.2, -0.15) is 5.10 Å². The van der Waals surface area contributed by atoms with Crippen molar-refractivity contribution in [2.24, 2.45) is 0 Å². The lowest BCUT2D eigenvalue weighted by molar-refractivity contribution is 0.0998. The molecule has 0 amide bonds. The third-order valence-corrected chi connectivity index (χ3v) is 10.6. The maximum Gasteiger partial charge on any atom is 0.205 e. The van der Waals surface area contributed by atoms with Gasteiger partial charge >= 0.3 is 0 Å². The molecule has 2 aromatic heterocycles. The highest BCUT2D eigenvalue weighted by molar-refractivity contribution is 5.80. The average Bonchev–Trinajstić information content (AvgIpc) is 3.89. The van der Waals surface area contributed by atoms with Gasteiger partial charge < -0.3 is 4.74 Å². The quantitative estimate of drug-likeness (QED) is 0.0977. The Bertz CT molecular complexity index is 2400. The molecule has 0 atom stereocenters. The number of rotatable bonds is 15. The molecule has 0 fully saturated rings. The summed E-state index contributed by atoms with van der Waals surface area (Å²) in [6, 6.07) is 59.1. The van der Waals surface area contributed by atoms with Crippen LogP contribution in [0.1, 0.15) is 78.0 Å². The standard InChI is InChI=1S/C50H48N6O/c1-4-19-47-46(48(55(52-47)37(2)3)36-57-35-39-20-9-5-10-21-39)34-38-30-32-40(33-31-38)44-28-17-18-29-45(44)49-51-54-56(53-49)50(41-22-11-6-12-23-41,42-24-13-7-14-25-42)43-26-15-8-16-27-43/h5-18,20-33,37H,4,19,34-36H2,1-3H3. The van der Waals surface area contributed by atoms with Crippen molar-refractivity contribution in [3.05, 3.63) is 215 Å². The number of benzene rings is 6. The summed E-state index contributed by atoms with van der Waals surface area (Å²) >= 11 is 0. The molecule has 57 heavy (non-hydrogen) atoms. The first-order valence-electron chi connectivity index (χ1n) is 19.9. The number of nitrogens with zero attached hydrogens (tertiary/aromatic N) is 6. The molecule has 8 aromatic rings. The van der Waals surface area contributed by atoms with E-state index in [0.717, 1.165) is 64.0 Å². The zero-order valence-electron chi connectivity index (χ0n) is 32.9. The number of ether oxygens (including phenoxy) is 1. The van der Waals surface area contributed by atoms with Crippen molar-refractivity contribution >= 4 is 0 Å². The van der Waals surface area contributed by atoms with Crippen LogP contribution in [0.2, 0.25) is 0 Å². The molecule has 7 nitrogen and oxygen atoms in total. The summed E-state index contributed by atoms with van der Waals surface area (Å²) < 4.78 is 8.48. The first kappa shape index (κ1) is 37.5. The third kappa shape index (κ3) is 7.71. The Balaban J connectivity index is 1.13. The summed E-state index contributed by atoms with van der Waals surface area (Å²) in [4.78, 5) is 1.79. The smallest absolute Gasteiger partial charge is 0.205 e. The monoisotopic (exact) mass is 748 g/mol. The predicted octanol–water partition coefficient (Wildman–Crippen LogP) is 10.9. The van der Waals surface area contributed by atoms with E-state index in [9.17, 15) is 0 Å². The van der Waals surface area contributed by atoms with Gasteiger partial charge in [-0.05, 0) is 64.4 Å². The topological polar surface area (TPSA) is 70.7 Å². The highest BCUT2D eigenvalue weighted by Gasteiger charge is 2.41. The Morgan fingerprint density at radius 3 is 1.68 bits per heavy atom. The highest BCUT2D eigenvalue weighted by Crippen LogP contribution is 2.40. The second-order valence-corrected chi connectivity index (χ2v) is 14.8. The summed E-state index contributed by atoms with van der Waals surface area (Å²) in [6.07, 6.45) is 2.74. The Labute approximate surface area is 335 Å². The van der Waals surface area contributed by atoms with Crippen LogP contribution < -0.4 is 0 Å². The van der Waals surface area contributed by atoms with Gasteiger partial charge in [0, 0.05) is 23.6 Å². The normalized spacial score (nSPS) is 11.6. The minimum atomic E-state index is -0.850. The van der Waals surface area contributed by atoms with Gasteiger partial charge in [0.15, 0.2) is 5.54 Å². The molecule has 0 saturated heterocycles. The van der Waals surface area contributed by atoms with E-state index < -0.39 is 5.54 Å². The van der Waals surface area contributed by atoms with E-state index in [4.69, 9.17) is 25.2 Å². The maximum atomic E-state index is 6.32. The predicted molar refractivity (Wildman–Crippen MR) is 228 cm³/mol. The molecule has 7 heteroatoms. The van der Waals surface area contributed by atoms with Crippen molar-refractivity contribution in [3.8, 4) is 22.5 Å². The molecular formula is C50H48N6O. The Morgan fingerprint density at radius 1 is 0.579 bits per heavy atom. The SMILES string of the molecule is CCCc1nn(C(C)C)c(COCc2ccccc2)c1Cc1ccc(-c2ccccc2-c2nnn(C(c3ccccc3)(c3ccccc3)c3ccccc3)n2)cc1. The van der Waals surface area contributed by atoms with E-state index in [-0.39, 0.29) is 6.04 Å². The van der Waals surface area contributed by atoms with Crippen molar-refractivity contribution in [3.63, 3.8) is 0 Å². The lowest BCUT2D eigenvalue weighted by atomic mass is 9.77. The van der Waals surface area contributed by atoms with Gasteiger partial charge in [-0.25, -0.2) is 0 Å². The molecule has 0 bridgehead atoms. The van der Waals surface area contributed by atoms with Crippen LogP contribution in [0.25, 0.3) is 22.5 Å². The Morgan fingerprint density at radius 2 is 1.12 bits per heavy atom. The van der Waals surface area contributed by atoms with Crippen molar-refractivity contribution in [2.45, 2.75) is 64.8 Å². The van der Waals surface area contributed by atoms with Gasteiger partial charge in [0.1, 0.15) is 0 Å². The number of tetrazole rings is 1. The fraction of sp³-hybridized carbons (Fsp3) is 0.200. The Kier molecular flexibility index (Phi) is 11.3. The van der Waals surface area contributed by atoms with Gasteiger partial charge in [0.2, 0.25) is 5.82 Å². The molecule has 0 radical (unpaired) electrons. The summed E-state index contributed by atoms with van der Waals surface area (Å²) in [7, 11) is 0. The van der Waals surface area contributed by atoms with Crippen molar-refractivity contribution in [1.82, 2.24) is 30.0 Å². The number of aryl methyl sites for hydroxylation is 1. The molecule has 0 unspecified atom stereocenters. The highest BCUT2D eigenvalue weighted by atomic mass is 16.5. The molecule has 8 rings (SSSR count). The van der Waals surface area contributed by atoms with Crippen LogP contribution in [0.5, 0.6) is 0 Å². The molecule has 0 aliphatic rings. The summed E-state index contributed by atoms with van der Waals surface area (Å²) in [5.41, 5.74) is 11.3. The fourth-order valence-corrected chi connectivity index (χ4v) is 7.90. The molecular weight excluding hydrogens is 701 g/mol. The lowest BCUT2D eigenvalue weighted by Gasteiger charge is -2.34. The largest absolute Gasteiger partial charge is 0.370 e. The van der Waals surface area contributed by atoms with Crippen molar-refractivity contribution in [2.75, 3.05) is 0 Å². The van der Waals surface area contributed by atoms with Crippen LogP contribution >= 0.6 is 0 Å². The first-order valence-corrected chi connectivity index (χ1v) is 19.9. The van der Waals surface area contributed by atoms with Crippen molar-refractivity contribution < 1.29 is 4.74 Å². The second kappa shape index (κ2) is 17.1. The van der Waals surface area contributed by atoms with Crippen LogP contribution in [0.4, 0.5) is 0 Å². The van der Waals surface area contributed by atoms with E-state index in [1.807, 2.05) is 30.3 Å². The van der Waals surface area contributed by atoms with Gasteiger partial charge in [-0.15, -0.1) is 15.0 Å². The molecule has 0 aliphatic carbocycles. The Hall–Kier alpha value is -6.44. The third-order valence-electron chi connectivity index (χ3n) is 10.6. The van der Waals surface area contributed by atoms with E-state index >= 15 is 0 Å². The molecule has 0 spiro atoms. The molecule has 284 valence electrons. The van der Waals surface area contributed by atoms with E-state index in [1.165, 1.54) is 16.7 Å². The number of aromatic nitrogens is 6. The number of hydrogen-bond acceptors (Lipinski definition) is 5. The van der Waals surface area contributed by atoms with E-state index in [1.54, 1.807) is 4.80 Å². The molecule has 2 heterocycles. The molecule has 0 aliphatic heterocycles. The summed E-state index contributed by atoms with van der Waals surface area (Å²) in [5.74, 6) is 0.562. The van der Waals surface area contributed by atoms with Crippen LogP contribution in [0, 0.1) is 0 Å². The molecule has 0 saturated carbocycles. The zero-order valence-corrected chi connectivity index (χ0v) is 32.9. The zero-order chi connectivity index (χ0) is 39.0. The van der Waals surface area contributed by atoms with Crippen LogP contribution in [0.3, 0.4) is 0 Å². The summed E-state index contributed by atoms with van der Waals surface area (Å²) in [5, 5.41) is 19.9. The second-order valence-electron chi connectivity index (χ2n) is 14.8.